The quantitative estimate of drug-likeness (QED) is 0.445. The summed E-state index contributed by atoms with van der Waals surface area (Å²) in [6.45, 7) is 5.74. The van der Waals surface area contributed by atoms with Crippen LogP contribution in [0.5, 0.6) is 0 Å². The molecule has 0 spiro atoms. The second-order valence-electron chi connectivity index (χ2n) is 8.73. The topological polar surface area (TPSA) is 105 Å². The highest BCUT2D eigenvalue weighted by molar-refractivity contribution is 5.89. The largest absolute Gasteiger partial charge is 0.480 e. The van der Waals surface area contributed by atoms with Crippen LogP contribution in [0, 0.1) is 0 Å². The first-order valence-electron chi connectivity index (χ1n) is 11.6. The van der Waals surface area contributed by atoms with Gasteiger partial charge in [-0.3, -0.25) is 4.79 Å². The lowest BCUT2D eigenvalue weighted by atomic mass is 9.98. The minimum absolute atomic E-state index is 0.0861. The Kier molecular flexibility index (Phi) is 8.46. The maximum atomic E-state index is 12.8. The van der Waals surface area contributed by atoms with E-state index in [4.69, 9.17) is 4.74 Å². The van der Waals surface area contributed by atoms with Crippen molar-refractivity contribution < 1.29 is 24.2 Å². The van der Waals surface area contributed by atoms with Crippen molar-refractivity contribution in [1.29, 1.82) is 0 Å². The molecule has 2 aromatic carbocycles. The first-order chi connectivity index (χ1) is 16.3. The van der Waals surface area contributed by atoms with E-state index >= 15 is 0 Å². The number of alkyl carbamates (subject to hydrolysis) is 1. The maximum absolute atomic E-state index is 12.8. The zero-order chi connectivity index (χ0) is 24.7. The summed E-state index contributed by atoms with van der Waals surface area (Å²) in [6, 6.07) is 14.2. The Hall–Kier alpha value is -3.61. The number of carboxylic acid groups (broad SMARTS) is 1. The van der Waals surface area contributed by atoms with E-state index in [1.54, 1.807) is 6.08 Å². The first-order valence-corrected chi connectivity index (χ1v) is 11.6. The molecule has 7 nitrogen and oxygen atoms in total. The molecule has 1 aliphatic carbocycles. The van der Waals surface area contributed by atoms with Gasteiger partial charge >= 0.3 is 12.1 Å². The Morgan fingerprint density at radius 2 is 1.56 bits per heavy atom. The van der Waals surface area contributed by atoms with Gasteiger partial charge in [-0.2, -0.15) is 0 Å². The molecule has 2 atom stereocenters. The van der Waals surface area contributed by atoms with Gasteiger partial charge in [0, 0.05) is 5.92 Å². The molecule has 34 heavy (non-hydrogen) atoms. The van der Waals surface area contributed by atoms with E-state index in [1.807, 2.05) is 57.2 Å². The van der Waals surface area contributed by atoms with Crippen LogP contribution < -0.4 is 10.6 Å². The molecule has 0 bridgehead atoms. The number of aliphatic carboxylic acids is 1. The average molecular weight is 465 g/mol. The van der Waals surface area contributed by atoms with Crippen LogP contribution in [0.4, 0.5) is 4.79 Å². The monoisotopic (exact) mass is 464 g/mol. The van der Waals surface area contributed by atoms with Gasteiger partial charge in [0.05, 0.1) is 0 Å². The fourth-order valence-electron chi connectivity index (χ4n) is 4.19. The van der Waals surface area contributed by atoms with Crippen LogP contribution >= 0.6 is 0 Å². The molecule has 180 valence electrons. The summed E-state index contributed by atoms with van der Waals surface area (Å²) < 4.78 is 5.54. The summed E-state index contributed by atoms with van der Waals surface area (Å²) in [5.74, 6) is -1.75. The number of allylic oxidation sites excluding steroid dienone is 1. The summed E-state index contributed by atoms with van der Waals surface area (Å²) in [5, 5.41) is 14.6. The van der Waals surface area contributed by atoms with Gasteiger partial charge in [-0.15, -0.1) is 0 Å². The number of nitrogens with one attached hydrogen (secondary N) is 2. The van der Waals surface area contributed by atoms with Crippen molar-refractivity contribution in [2.75, 3.05) is 6.61 Å². The predicted octanol–water partition coefficient (Wildman–Crippen LogP) is 4.62. The van der Waals surface area contributed by atoms with Crippen molar-refractivity contribution in [3.63, 3.8) is 0 Å². The number of fused-ring (bicyclic) bond motifs is 3. The molecule has 2 aromatic rings. The highest BCUT2D eigenvalue weighted by atomic mass is 16.5. The van der Waals surface area contributed by atoms with Crippen molar-refractivity contribution >= 4 is 18.0 Å². The molecule has 1 unspecified atom stereocenters. The van der Waals surface area contributed by atoms with Crippen LogP contribution in [0.25, 0.3) is 11.1 Å². The smallest absolute Gasteiger partial charge is 0.407 e. The summed E-state index contributed by atoms with van der Waals surface area (Å²) >= 11 is 0. The Morgan fingerprint density at radius 3 is 2.09 bits per heavy atom. The standard InChI is InChI=1S/C27H32N2O5/c1-4-9-23(25(30)28-24(26(31)32)15-14-17(2)3)29-27(33)34-16-22-20-12-7-5-10-18(20)19-11-6-8-13-21(19)22/h5-8,10-14,22-24H,4,9,15-16H2,1-3H3,(H,28,30)(H,29,33)(H,31,32)/t23-,24?/m1/s1. The highest BCUT2D eigenvalue weighted by Crippen LogP contribution is 2.44. The van der Waals surface area contributed by atoms with Crippen LogP contribution in [0.15, 0.2) is 60.2 Å². The number of hydrogen-bond donors (Lipinski definition) is 3. The van der Waals surface area contributed by atoms with Gasteiger partial charge < -0.3 is 20.5 Å². The van der Waals surface area contributed by atoms with Crippen LogP contribution in [0.1, 0.15) is 57.1 Å². The number of carbonyl (C=O) groups is 3. The lowest BCUT2D eigenvalue weighted by molar-refractivity contribution is -0.142. The summed E-state index contributed by atoms with van der Waals surface area (Å²) in [6.07, 6.45) is 2.23. The third kappa shape index (κ3) is 6.04. The second-order valence-corrected chi connectivity index (χ2v) is 8.73. The Balaban J connectivity index is 1.63. The van der Waals surface area contributed by atoms with Gasteiger partial charge in [-0.05, 0) is 48.9 Å². The van der Waals surface area contributed by atoms with Crippen molar-refractivity contribution in [3.8, 4) is 11.1 Å². The molecule has 0 aromatic heterocycles. The number of ether oxygens (including phenoxy) is 1. The van der Waals surface area contributed by atoms with Gasteiger partial charge in [0.1, 0.15) is 18.7 Å². The molecular weight excluding hydrogens is 432 g/mol. The number of carbonyl (C=O) groups excluding carboxylic acids is 2. The molecule has 7 heteroatoms. The number of hydrogen-bond acceptors (Lipinski definition) is 4. The minimum atomic E-state index is -1.12. The van der Waals surface area contributed by atoms with Crippen LogP contribution in [0.3, 0.4) is 0 Å². The first kappa shape index (κ1) is 25.0. The molecule has 3 rings (SSSR count). The van der Waals surface area contributed by atoms with E-state index < -0.39 is 30.1 Å². The molecular formula is C27H32N2O5. The Morgan fingerprint density at radius 1 is 0.971 bits per heavy atom. The number of carboxylic acids is 1. The predicted molar refractivity (Wildman–Crippen MR) is 131 cm³/mol. The van der Waals surface area contributed by atoms with E-state index in [2.05, 4.69) is 22.8 Å². The van der Waals surface area contributed by atoms with Crippen LogP contribution in [-0.2, 0) is 14.3 Å². The van der Waals surface area contributed by atoms with Gasteiger partial charge in [-0.25, -0.2) is 9.59 Å². The van der Waals surface area contributed by atoms with E-state index in [0.29, 0.717) is 12.8 Å². The van der Waals surface area contributed by atoms with Crippen LogP contribution in [-0.4, -0.2) is 41.8 Å². The third-order valence-corrected chi connectivity index (χ3v) is 5.91. The summed E-state index contributed by atoms with van der Waals surface area (Å²) in [5.41, 5.74) is 5.42. The van der Waals surface area contributed by atoms with Gasteiger partial charge in [-0.1, -0.05) is 73.5 Å². The van der Waals surface area contributed by atoms with Crippen molar-refractivity contribution in [3.05, 3.63) is 71.3 Å². The van der Waals surface area contributed by atoms with Crippen molar-refractivity contribution in [1.82, 2.24) is 10.6 Å². The average Bonchev–Trinajstić information content (AvgIpc) is 3.13. The molecule has 0 fully saturated rings. The van der Waals surface area contributed by atoms with Gasteiger partial charge in [0.2, 0.25) is 5.91 Å². The molecule has 0 heterocycles. The summed E-state index contributed by atoms with van der Waals surface area (Å²) in [7, 11) is 0. The Bertz CT molecular complexity index is 1030. The number of benzene rings is 2. The molecule has 1 aliphatic rings. The summed E-state index contributed by atoms with van der Waals surface area (Å²) in [4.78, 5) is 36.9. The lowest BCUT2D eigenvalue weighted by Crippen LogP contribution is -2.51. The third-order valence-electron chi connectivity index (χ3n) is 5.91. The van der Waals surface area contributed by atoms with E-state index in [-0.39, 0.29) is 18.9 Å². The molecule has 0 radical (unpaired) electrons. The number of amides is 2. The van der Waals surface area contributed by atoms with Crippen LogP contribution in [0.2, 0.25) is 0 Å². The number of rotatable bonds is 10. The zero-order valence-corrected chi connectivity index (χ0v) is 19.8. The molecule has 0 saturated carbocycles. The second kappa shape index (κ2) is 11.5. The Labute approximate surface area is 200 Å². The fraction of sp³-hybridized carbons (Fsp3) is 0.370. The lowest BCUT2D eigenvalue weighted by Gasteiger charge is -2.21. The van der Waals surface area contributed by atoms with E-state index in [1.165, 1.54) is 0 Å². The van der Waals surface area contributed by atoms with Gasteiger partial charge in [0.25, 0.3) is 0 Å². The van der Waals surface area contributed by atoms with E-state index in [0.717, 1.165) is 27.8 Å². The molecule has 2 amide bonds. The maximum Gasteiger partial charge on any atom is 0.407 e. The zero-order valence-electron chi connectivity index (χ0n) is 19.8. The highest BCUT2D eigenvalue weighted by Gasteiger charge is 2.30. The van der Waals surface area contributed by atoms with Crippen molar-refractivity contribution in [2.24, 2.45) is 0 Å². The van der Waals surface area contributed by atoms with Crippen molar-refractivity contribution in [2.45, 2.75) is 58.0 Å². The fourth-order valence-corrected chi connectivity index (χ4v) is 4.19. The normalized spacial score (nSPS) is 13.7. The minimum Gasteiger partial charge on any atom is -0.480 e. The molecule has 0 aliphatic heterocycles. The molecule has 3 N–H and O–H groups in total. The SMILES string of the molecule is CCC[C@@H](NC(=O)OCC1c2ccccc2-c2ccccc21)C(=O)NC(CC=C(C)C)C(=O)O. The van der Waals surface area contributed by atoms with Gasteiger partial charge in [0.15, 0.2) is 0 Å². The molecule has 0 saturated heterocycles. The van der Waals surface area contributed by atoms with E-state index in [9.17, 15) is 19.5 Å².